The lowest BCUT2D eigenvalue weighted by molar-refractivity contribution is -0.126. The number of hydrogen-bond acceptors (Lipinski definition) is 7. The molecule has 0 saturated carbocycles. The third kappa shape index (κ3) is 14.7. The summed E-state index contributed by atoms with van der Waals surface area (Å²) in [5, 5.41) is 19.6. The predicted octanol–water partition coefficient (Wildman–Crippen LogP) is 7.98. The van der Waals surface area contributed by atoms with E-state index in [1.165, 1.54) is 0 Å². The van der Waals surface area contributed by atoms with Crippen LogP contribution in [0, 0.1) is 0 Å². The van der Waals surface area contributed by atoms with Crippen molar-refractivity contribution in [3.05, 3.63) is 115 Å². The molecule has 294 valence electrons. The second-order valence-electron chi connectivity index (χ2n) is 13.7. The SMILES string of the molecule is CCCCCCC(=O)NC(CCCCNC(=O)CCCCOc1ccc(C(C)O)cc1)C(=O)Nc1ccc(OP(=O)(c2ccccc2)c2ccccc2)cc1. The van der Waals surface area contributed by atoms with Gasteiger partial charge in [0.1, 0.15) is 17.5 Å². The van der Waals surface area contributed by atoms with Gasteiger partial charge in [-0.1, -0.05) is 74.7 Å². The van der Waals surface area contributed by atoms with Gasteiger partial charge in [0.25, 0.3) is 0 Å². The molecule has 0 fully saturated rings. The molecule has 4 rings (SSSR count). The van der Waals surface area contributed by atoms with E-state index in [9.17, 15) is 24.1 Å². The number of aliphatic hydroxyl groups is 1. The van der Waals surface area contributed by atoms with E-state index in [0.717, 1.165) is 43.4 Å². The molecule has 0 aliphatic carbocycles. The lowest BCUT2D eigenvalue weighted by Gasteiger charge is -2.21. The number of unbranched alkanes of at least 4 members (excludes halogenated alkanes) is 5. The monoisotopic (exact) mass is 769 g/mol. The summed E-state index contributed by atoms with van der Waals surface area (Å²) in [6.07, 6.45) is 7.19. The van der Waals surface area contributed by atoms with E-state index in [0.29, 0.717) is 73.7 Å². The van der Waals surface area contributed by atoms with Crippen molar-refractivity contribution < 1.29 is 33.3 Å². The van der Waals surface area contributed by atoms with Crippen LogP contribution in [0.25, 0.3) is 0 Å². The van der Waals surface area contributed by atoms with Gasteiger partial charge in [-0.05, 0) is 112 Å². The Bertz CT molecular complexity index is 1740. The van der Waals surface area contributed by atoms with Crippen molar-refractivity contribution in [1.82, 2.24) is 10.6 Å². The molecule has 2 atom stereocenters. The first-order valence-corrected chi connectivity index (χ1v) is 21.1. The Morgan fingerprint density at radius 3 is 1.91 bits per heavy atom. The summed E-state index contributed by atoms with van der Waals surface area (Å²) in [6.45, 7) is 4.80. The number of anilines is 1. The summed E-state index contributed by atoms with van der Waals surface area (Å²) in [5.74, 6) is 0.590. The number of carbonyl (C=O) groups is 3. The second kappa shape index (κ2) is 23.1. The van der Waals surface area contributed by atoms with E-state index in [4.69, 9.17) is 9.26 Å². The summed E-state index contributed by atoms with van der Waals surface area (Å²) in [7, 11) is -3.45. The molecule has 0 heterocycles. The molecule has 0 radical (unpaired) electrons. The summed E-state index contributed by atoms with van der Waals surface area (Å²) in [6, 6.07) is 31.5. The molecule has 55 heavy (non-hydrogen) atoms. The highest BCUT2D eigenvalue weighted by Crippen LogP contribution is 2.45. The van der Waals surface area contributed by atoms with Gasteiger partial charge in [0.05, 0.1) is 23.3 Å². The van der Waals surface area contributed by atoms with Crippen LogP contribution in [0.4, 0.5) is 5.69 Å². The van der Waals surface area contributed by atoms with Gasteiger partial charge in [0.15, 0.2) is 0 Å². The molecule has 3 amide bonds. The van der Waals surface area contributed by atoms with Crippen LogP contribution in [0.15, 0.2) is 109 Å². The van der Waals surface area contributed by atoms with E-state index in [-0.39, 0.29) is 17.7 Å². The lowest BCUT2D eigenvalue weighted by Crippen LogP contribution is -2.43. The maximum absolute atomic E-state index is 14.3. The van der Waals surface area contributed by atoms with Crippen molar-refractivity contribution in [1.29, 1.82) is 0 Å². The molecule has 4 N–H and O–H groups in total. The zero-order chi connectivity index (χ0) is 39.3. The smallest absolute Gasteiger partial charge is 0.306 e. The third-order valence-electron chi connectivity index (χ3n) is 9.13. The number of amides is 3. The van der Waals surface area contributed by atoms with Crippen molar-refractivity contribution in [3.63, 3.8) is 0 Å². The molecule has 4 aromatic carbocycles. The van der Waals surface area contributed by atoms with Crippen LogP contribution in [0.3, 0.4) is 0 Å². The molecule has 0 saturated heterocycles. The highest BCUT2D eigenvalue weighted by molar-refractivity contribution is 7.74. The molecule has 0 bridgehead atoms. The van der Waals surface area contributed by atoms with Crippen LogP contribution < -0.4 is 35.8 Å². The highest BCUT2D eigenvalue weighted by Gasteiger charge is 2.30. The van der Waals surface area contributed by atoms with E-state index in [1.807, 2.05) is 60.7 Å². The summed E-state index contributed by atoms with van der Waals surface area (Å²) in [4.78, 5) is 38.7. The van der Waals surface area contributed by atoms with E-state index < -0.39 is 19.5 Å². The fourth-order valence-electron chi connectivity index (χ4n) is 5.94. The molecule has 2 unspecified atom stereocenters. The van der Waals surface area contributed by atoms with Gasteiger partial charge in [-0.15, -0.1) is 0 Å². The Morgan fingerprint density at radius 1 is 0.691 bits per heavy atom. The van der Waals surface area contributed by atoms with Crippen LogP contribution in [-0.4, -0.2) is 42.0 Å². The number of benzene rings is 4. The van der Waals surface area contributed by atoms with Gasteiger partial charge < -0.3 is 30.3 Å². The normalized spacial score (nSPS) is 12.3. The van der Waals surface area contributed by atoms with Crippen LogP contribution in [0.1, 0.15) is 96.1 Å². The maximum atomic E-state index is 14.3. The molecule has 10 nitrogen and oxygen atoms in total. The Balaban J connectivity index is 1.25. The molecule has 0 spiro atoms. The number of nitrogens with one attached hydrogen (secondary N) is 3. The zero-order valence-electron chi connectivity index (χ0n) is 32.1. The molecule has 0 aliphatic rings. The third-order valence-corrected chi connectivity index (χ3v) is 11.6. The lowest BCUT2D eigenvalue weighted by atomic mass is 10.1. The topological polar surface area (TPSA) is 143 Å². The van der Waals surface area contributed by atoms with Gasteiger partial charge in [-0.3, -0.25) is 18.9 Å². The van der Waals surface area contributed by atoms with Crippen LogP contribution in [0.5, 0.6) is 11.5 Å². The standard InChI is InChI=1S/C44H56N3O7P/c1-3-4-5-12-23-43(50)47-41(21-13-15-32-45-42(49)22-14-16-33-53-37-28-24-35(25-29-37)34(2)48)44(51)46-36-26-30-38(31-27-36)54-55(52,39-17-8-6-9-18-39)40-19-10-7-11-20-40/h6-11,17-20,24-31,34,41,48H,3-5,12-16,21-23,32-33H2,1-2H3,(H,45,49)(H,46,51)(H,47,50). The number of aliphatic hydroxyl groups excluding tert-OH is 1. The minimum atomic E-state index is -3.45. The maximum Gasteiger partial charge on any atom is 0.306 e. The molecular formula is C44H56N3O7P. The van der Waals surface area contributed by atoms with Gasteiger partial charge in [-0.2, -0.15) is 0 Å². The predicted molar refractivity (Wildman–Crippen MR) is 219 cm³/mol. The van der Waals surface area contributed by atoms with E-state index in [2.05, 4.69) is 22.9 Å². The van der Waals surface area contributed by atoms with Crippen LogP contribution in [-0.2, 0) is 18.9 Å². The largest absolute Gasteiger partial charge is 0.494 e. The Morgan fingerprint density at radius 2 is 1.29 bits per heavy atom. The quantitative estimate of drug-likeness (QED) is 0.0418. The second-order valence-corrected chi connectivity index (χ2v) is 16.0. The first-order chi connectivity index (χ1) is 26.7. The van der Waals surface area contributed by atoms with E-state index in [1.54, 1.807) is 55.5 Å². The first kappa shape index (κ1) is 42.8. The molecule has 11 heteroatoms. The van der Waals surface area contributed by atoms with Crippen molar-refractivity contribution >= 4 is 41.4 Å². The molecular weight excluding hydrogens is 713 g/mol. The number of ether oxygens (including phenoxy) is 1. The Labute approximate surface area is 325 Å². The van der Waals surface area contributed by atoms with Gasteiger partial charge in [-0.25, -0.2) is 0 Å². The van der Waals surface area contributed by atoms with Crippen LogP contribution in [0.2, 0.25) is 0 Å². The zero-order valence-corrected chi connectivity index (χ0v) is 33.0. The number of hydrogen-bond donors (Lipinski definition) is 4. The van der Waals surface area contributed by atoms with Crippen molar-refractivity contribution in [2.45, 2.75) is 96.6 Å². The highest BCUT2D eigenvalue weighted by atomic mass is 31.2. The van der Waals surface area contributed by atoms with Crippen LogP contribution >= 0.6 is 7.37 Å². The fourth-order valence-corrected chi connectivity index (χ4v) is 7.99. The summed E-state index contributed by atoms with van der Waals surface area (Å²) in [5.41, 5.74) is 1.35. The molecule has 0 aromatic heterocycles. The average Bonchev–Trinajstić information content (AvgIpc) is 3.20. The summed E-state index contributed by atoms with van der Waals surface area (Å²) >= 11 is 0. The molecule has 0 aliphatic heterocycles. The fraction of sp³-hybridized carbons (Fsp3) is 0.386. The van der Waals surface area contributed by atoms with Gasteiger partial charge >= 0.3 is 7.37 Å². The average molecular weight is 770 g/mol. The number of carbonyl (C=O) groups excluding carboxylic acids is 3. The number of rotatable bonds is 24. The van der Waals surface area contributed by atoms with Crippen molar-refractivity contribution in [3.8, 4) is 11.5 Å². The Kier molecular flexibility index (Phi) is 18.0. The Hall–Kier alpha value is -4.92. The van der Waals surface area contributed by atoms with Crippen molar-refractivity contribution in [2.75, 3.05) is 18.5 Å². The first-order valence-electron chi connectivity index (χ1n) is 19.5. The minimum absolute atomic E-state index is 0.0349. The van der Waals surface area contributed by atoms with E-state index >= 15 is 0 Å². The summed E-state index contributed by atoms with van der Waals surface area (Å²) < 4.78 is 26.2. The van der Waals surface area contributed by atoms with Gasteiger partial charge in [0.2, 0.25) is 17.7 Å². The minimum Gasteiger partial charge on any atom is -0.494 e. The molecule has 4 aromatic rings. The van der Waals surface area contributed by atoms with Crippen molar-refractivity contribution in [2.24, 2.45) is 0 Å². The van der Waals surface area contributed by atoms with Gasteiger partial charge in [0, 0.05) is 25.1 Å².